The van der Waals surface area contributed by atoms with E-state index in [9.17, 15) is 4.79 Å². The van der Waals surface area contributed by atoms with E-state index < -0.39 is 0 Å². The second-order valence-corrected chi connectivity index (χ2v) is 3.37. The van der Waals surface area contributed by atoms with Crippen molar-refractivity contribution in [2.75, 3.05) is 11.4 Å². The number of aromatic nitrogens is 2. The first-order valence-electron chi connectivity index (χ1n) is 4.62. The summed E-state index contributed by atoms with van der Waals surface area (Å²) in [6.45, 7) is 0.780. The zero-order valence-corrected chi connectivity index (χ0v) is 7.72. The monoisotopic (exact) mass is 196 g/mol. The molecule has 1 amide bonds. The van der Waals surface area contributed by atoms with E-state index in [0.717, 1.165) is 25.8 Å². The van der Waals surface area contributed by atoms with E-state index in [4.69, 9.17) is 5.73 Å². The molecule has 0 aromatic carbocycles. The third-order valence-electron chi connectivity index (χ3n) is 2.47. The topological polar surface area (TPSA) is 85.3 Å². The van der Waals surface area contributed by atoms with Crippen molar-refractivity contribution in [1.82, 2.24) is 10.4 Å². The van der Waals surface area contributed by atoms with E-state index in [1.54, 1.807) is 0 Å². The summed E-state index contributed by atoms with van der Waals surface area (Å²) in [6.07, 6.45) is 4.27. The summed E-state index contributed by atoms with van der Waals surface area (Å²) >= 11 is 0. The number of rotatable bonds is 2. The third kappa shape index (κ3) is 1.55. The lowest BCUT2D eigenvalue weighted by Crippen LogP contribution is -2.48. The molecule has 1 aliphatic heterocycles. The fraction of sp³-hybridized carbons (Fsp3) is 0.625. The second-order valence-electron chi connectivity index (χ2n) is 3.37. The minimum absolute atomic E-state index is 0.268. The number of nitrogens with zero attached hydrogens (tertiary/aromatic N) is 3. The van der Waals surface area contributed by atoms with Gasteiger partial charge in [0, 0.05) is 11.8 Å². The molecule has 1 fully saturated rings. The van der Waals surface area contributed by atoms with Gasteiger partial charge in [-0.2, -0.15) is 0 Å². The van der Waals surface area contributed by atoms with Gasteiger partial charge in [-0.3, -0.25) is 4.79 Å². The molecule has 6 heteroatoms. The lowest BCUT2D eigenvalue weighted by Gasteiger charge is -2.32. The molecule has 0 bridgehead atoms. The van der Waals surface area contributed by atoms with Crippen molar-refractivity contribution < 1.29 is 9.32 Å². The van der Waals surface area contributed by atoms with Crippen LogP contribution >= 0.6 is 0 Å². The van der Waals surface area contributed by atoms with E-state index in [-0.39, 0.29) is 11.9 Å². The minimum atomic E-state index is -0.312. The van der Waals surface area contributed by atoms with Gasteiger partial charge >= 0.3 is 0 Å². The zero-order chi connectivity index (χ0) is 9.97. The lowest BCUT2D eigenvalue weighted by atomic mass is 10.0. The van der Waals surface area contributed by atoms with Crippen LogP contribution < -0.4 is 10.6 Å². The standard InChI is InChI=1S/C8H12N4O2/c9-8(13)6-3-1-2-4-12(6)7-5-14-11-10-7/h5-6H,1-4H2,(H2,9,13). The van der Waals surface area contributed by atoms with Gasteiger partial charge in [0.2, 0.25) is 5.91 Å². The van der Waals surface area contributed by atoms with Gasteiger partial charge < -0.3 is 15.2 Å². The van der Waals surface area contributed by atoms with E-state index in [2.05, 4.69) is 14.9 Å². The average molecular weight is 196 g/mol. The van der Waals surface area contributed by atoms with Crippen molar-refractivity contribution in [3.05, 3.63) is 6.26 Å². The molecule has 0 saturated carbocycles. The van der Waals surface area contributed by atoms with Crippen molar-refractivity contribution in [2.24, 2.45) is 5.73 Å². The largest absolute Gasteiger partial charge is 0.368 e. The molecule has 0 aliphatic carbocycles. The molecule has 1 atom stereocenters. The summed E-state index contributed by atoms with van der Waals surface area (Å²) in [4.78, 5) is 13.0. The van der Waals surface area contributed by atoms with Crippen LogP contribution in [0, 0.1) is 0 Å². The molecular weight excluding hydrogens is 184 g/mol. The number of carbonyl (C=O) groups excluding carboxylic acids is 1. The van der Waals surface area contributed by atoms with Crippen molar-refractivity contribution in [1.29, 1.82) is 0 Å². The van der Waals surface area contributed by atoms with Crippen molar-refractivity contribution in [3.63, 3.8) is 0 Å². The molecule has 0 spiro atoms. The predicted octanol–water partition coefficient (Wildman–Crippen LogP) is -0.0862. The Kier molecular flexibility index (Phi) is 2.34. The molecule has 1 unspecified atom stereocenters. The van der Waals surface area contributed by atoms with Crippen LogP contribution in [-0.2, 0) is 4.79 Å². The molecule has 14 heavy (non-hydrogen) atoms. The SMILES string of the molecule is NC(=O)C1CCCCN1c1conn1. The summed E-state index contributed by atoms with van der Waals surface area (Å²) in [5.74, 6) is 0.279. The first kappa shape index (κ1) is 8.98. The number of nitrogens with two attached hydrogens (primary N) is 1. The van der Waals surface area contributed by atoms with E-state index in [0.29, 0.717) is 5.82 Å². The smallest absolute Gasteiger partial charge is 0.240 e. The molecule has 0 radical (unpaired) electrons. The maximum atomic E-state index is 11.2. The Morgan fingerprint density at radius 2 is 2.50 bits per heavy atom. The Labute approximate surface area is 81.0 Å². The number of piperidine rings is 1. The average Bonchev–Trinajstić information content (AvgIpc) is 2.70. The highest BCUT2D eigenvalue weighted by molar-refractivity contribution is 5.83. The summed E-state index contributed by atoms with van der Waals surface area (Å²) in [5, 5.41) is 7.15. The Morgan fingerprint density at radius 1 is 1.64 bits per heavy atom. The molecule has 1 aromatic heterocycles. The quantitative estimate of drug-likeness (QED) is 0.714. The van der Waals surface area contributed by atoms with Crippen LogP contribution in [0.4, 0.5) is 5.82 Å². The summed E-state index contributed by atoms with van der Waals surface area (Å²) < 4.78 is 4.64. The molecule has 2 rings (SSSR count). The molecular formula is C8H12N4O2. The highest BCUT2D eigenvalue weighted by atomic mass is 16.5. The summed E-state index contributed by atoms with van der Waals surface area (Å²) in [7, 11) is 0. The summed E-state index contributed by atoms with van der Waals surface area (Å²) in [5.41, 5.74) is 5.30. The van der Waals surface area contributed by atoms with Gasteiger partial charge in [0.15, 0.2) is 12.1 Å². The minimum Gasteiger partial charge on any atom is -0.368 e. The van der Waals surface area contributed by atoms with Crippen molar-refractivity contribution in [2.45, 2.75) is 25.3 Å². The van der Waals surface area contributed by atoms with E-state index in [1.165, 1.54) is 6.26 Å². The van der Waals surface area contributed by atoms with Crippen LogP contribution in [0.5, 0.6) is 0 Å². The number of carbonyl (C=O) groups is 1. The lowest BCUT2D eigenvalue weighted by molar-refractivity contribution is -0.119. The van der Waals surface area contributed by atoms with Crippen LogP contribution in [0.15, 0.2) is 10.8 Å². The van der Waals surface area contributed by atoms with Crippen LogP contribution in [0.3, 0.4) is 0 Å². The molecule has 1 aromatic rings. The van der Waals surface area contributed by atoms with E-state index in [1.807, 2.05) is 4.90 Å². The Morgan fingerprint density at radius 3 is 3.14 bits per heavy atom. The number of anilines is 1. The maximum Gasteiger partial charge on any atom is 0.240 e. The Bertz CT molecular complexity index is 311. The van der Waals surface area contributed by atoms with Crippen LogP contribution in [-0.4, -0.2) is 28.9 Å². The van der Waals surface area contributed by atoms with Gasteiger partial charge in [-0.1, -0.05) is 5.10 Å². The maximum absolute atomic E-state index is 11.2. The number of amides is 1. The van der Waals surface area contributed by atoms with Gasteiger partial charge in [0.25, 0.3) is 0 Å². The van der Waals surface area contributed by atoms with Crippen molar-refractivity contribution in [3.8, 4) is 0 Å². The van der Waals surface area contributed by atoms with Gasteiger partial charge in [-0.05, 0) is 19.3 Å². The van der Waals surface area contributed by atoms with Gasteiger partial charge in [0.1, 0.15) is 6.04 Å². The fourth-order valence-electron chi connectivity index (χ4n) is 1.79. The van der Waals surface area contributed by atoms with Crippen LogP contribution in [0.1, 0.15) is 19.3 Å². The van der Waals surface area contributed by atoms with Gasteiger partial charge in [-0.15, -0.1) is 0 Å². The zero-order valence-electron chi connectivity index (χ0n) is 7.72. The normalized spacial score (nSPS) is 22.3. The number of hydrogen-bond acceptors (Lipinski definition) is 5. The molecule has 76 valence electrons. The highest BCUT2D eigenvalue weighted by Crippen LogP contribution is 2.22. The van der Waals surface area contributed by atoms with Crippen molar-refractivity contribution >= 4 is 11.7 Å². The molecule has 1 saturated heterocycles. The van der Waals surface area contributed by atoms with Gasteiger partial charge in [0.05, 0.1) is 0 Å². The van der Waals surface area contributed by atoms with Gasteiger partial charge in [-0.25, -0.2) is 0 Å². The molecule has 1 aliphatic rings. The van der Waals surface area contributed by atoms with Crippen LogP contribution in [0.25, 0.3) is 0 Å². The third-order valence-corrected chi connectivity index (χ3v) is 2.47. The van der Waals surface area contributed by atoms with Crippen LogP contribution in [0.2, 0.25) is 0 Å². The number of primary amides is 1. The first-order valence-corrected chi connectivity index (χ1v) is 4.62. The molecule has 2 heterocycles. The number of hydrogen-bond donors (Lipinski definition) is 1. The Hall–Kier alpha value is -1.59. The fourth-order valence-corrected chi connectivity index (χ4v) is 1.79. The second kappa shape index (κ2) is 3.65. The Balaban J connectivity index is 2.18. The molecule has 6 nitrogen and oxygen atoms in total. The highest BCUT2D eigenvalue weighted by Gasteiger charge is 2.28. The van der Waals surface area contributed by atoms with E-state index >= 15 is 0 Å². The predicted molar refractivity (Wildman–Crippen MR) is 48.5 cm³/mol. The summed E-state index contributed by atoms with van der Waals surface area (Å²) in [6, 6.07) is -0.268. The first-order chi connectivity index (χ1) is 6.79. The molecule has 2 N–H and O–H groups in total.